The number of benzene rings is 9. The van der Waals surface area contributed by atoms with Gasteiger partial charge in [0.2, 0.25) is 0 Å². The quantitative estimate of drug-likeness (QED) is 0.00615. The first-order chi connectivity index (χ1) is 70.4. The number of nitrogen functional groups attached to an aromatic ring is 2. The molecule has 0 spiro atoms. The highest BCUT2D eigenvalue weighted by Crippen LogP contribution is 2.41. The Morgan fingerprint density at radius 3 is 1.05 bits per heavy atom. The molecule has 732 valence electrons. The van der Waals surface area contributed by atoms with Crippen LogP contribution in [0.4, 0.5) is 51.7 Å². The number of Topliss-reactive ketones (excluding diaryl/α,β-unsaturated/α-hetero) is 2. The number of halogens is 5. The molecule has 9 aromatic carbocycles. The number of ketones is 2. The van der Waals surface area contributed by atoms with Crippen LogP contribution in [-0.4, -0.2) is 91.7 Å². The number of rotatable bonds is 22. The van der Waals surface area contributed by atoms with Crippen molar-refractivity contribution in [3.8, 4) is 121 Å². The number of thiazole rings is 5. The summed E-state index contributed by atoms with van der Waals surface area (Å²) < 4.78 is 56.0. The van der Waals surface area contributed by atoms with E-state index in [1.54, 1.807) is 127 Å². The van der Waals surface area contributed by atoms with Gasteiger partial charge in [-0.1, -0.05) is 108 Å². The molecule has 0 aliphatic rings. The van der Waals surface area contributed by atoms with Gasteiger partial charge < -0.3 is 16.1 Å². The summed E-state index contributed by atoms with van der Waals surface area (Å²) in [6, 6.07) is 85.0. The maximum Gasteiger partial charge on any atom is 0.269 e. The van der Waals surface area contributed by atoms with E-state index in [0.29, 0.717) is 28.9 Å². The van der Waals surface area contributed by atoms with Crippen molar-refractivity contribution in [2.24, 2.45) is 10.9 Å². The largest absolute Gasteiger partial charge is 0.399 e. The lowest BCUT2D eigenvalue weighted by molar-refractivity contribution is -0.385. The van der Waals surface area contributed by atoms with Crippen LogP contribution in [0.2, 0.25) is 0 Å². The van der Waals surface area contributed by atoms with E-state index in [0.717, 1.165) is 147 Å². The van der Waals surface area contributed by atoms with E-state index in [-0.39, 0.29) is 50.3 Å². The Morgan fingerprint density at radius 1 is 0.411 bits per heavy atom. The van der Waals surface area contributed by atoms with Crippen LogP contribution in [0.1, 0.15) is 77.9 Å². The van der Waals surface area contributed by atoms with Gasteiger partial charge in [-0.05, 0) is 224 Å². The Labute approximate surface area is 863 Å². The number of aryl methyl sites for hydroxylation is 5. The van der Waals surface area contributed by atoms with E-state index in [4.69, 9.17) is 31.5 Å². The van der Waals surface area contributed by atoms with Gasteiger partial charge in [0.25, 0.3) is 17.1 Å². The van der Waals surface area contributed by atoms with Crippen LogP contribution in [0.25, 0.3) is 132 Å². The van der Waals surface area contributed by atoms with E-state index < -0.39 is 38.0 Å². The molecule has 0 saturated heterocycles. The second-order valence-electron chi connectivity index (χ2n) is 31.8. The average Bonchev–Trinajstić information content (AvgIpc) is 1.58. The zero-order valence-corrected chi connectivity index (χ0v) is 84.7. The Kier molecular flexibility index (Phi) is 35.8. The highest BCUT2D eigenvalue weighted by atomic mass is 79.9. The van der Waals surface area contributed by atoms with E-state index in [2.05, 4.69) is 80.6 Å². The van der Waals surface area contributed by atoms with Crippen molar-refractivity contribution in [1.29, 1.82) is 0 Å². The number of aromatic nitrogens is 11. The Morgan fingerprint density at radius 2 is 0.726 bits per heavy atom. The number of nitrogens with one attached hydrogen (secondary N) is 3. The van der Waals surface area contributed by atoms with Gasteiger partial charge >= 0.3 is 0 Å². The van der Waals surface area contributed by atoms with Crippen LogP contribution in [0.5, 0.6) is 0 Å². The summed E-state index contributed by atoms with van der Waals surface area (Å²) in [7, 11) is 0. The number of carbonyl (C=O) groups excluding carboxylic acids is 2. The molecule has 1 unspecified atom stereocenters. The summed E-state index contributed by atoms with van der Waals surface area (Å²) in [4.78, 5) is 106. The third-order valence-corrected chi connectivity index (χ3v) is 27.1. The number of hydrogen-bond donors (Lipinski definition) is 5. The molecular weight excluding hydrogens is 2020 g/mol. The molecule has 11 aromatic heterocycles. The highest BCUT2D eigenvalue weighted by molar-refractivity contribution is 9.10. The number of hydrogen-bond acceptors (Lipinski definition) is 28. The molecule has 20 aromatic rings. The van der Waals surface area contributed by atoms with Gasteiger partial charge in [-0.15, -0.1) is 56.7 Å². The number of non-ortho nitro benzene ring substituents is 3. The van der Waals surface area contributed by atoms with Crippen LogP contribution < -0.4 is 22.4 Å². The van der Waals surface area contributed by atoms with Crippen molar-refractivity contribution in [3.05, 3.63) is 423 Å². The zero-order chi connectivity index (χ0) is 104. The molecule has 20 rings (SSSR count). The van der Waals surface area contributed by atoms with E-state index in [1.165, 1.54) is 107 Å². The molecule has 0 radical (unpaired) electrons. The topological polar surface area (TPSA) is 397 Å². The molecule has 7 N–H and O–H groups in total. The lowest BCUT2D eigenvalue weighted by atomic mass is 10.1. The lowest BCUT2D eigenvalue weighted by Gasteiger charge is -2.06. The van der Waals surface area contributed by atoms with Crippen molar-refractivity contribution >= 4 is 135 Å². The predicted molar refractivity (Wildman–Crippen MR) is 579 cm³/mol. The second kappa shape index (κ2) is 49.7. The number of alkyl halides is 1. The predicted octanol–water partition coefficient (Wildman–Crippen LogP) is 29.0. The van der Waals surface area contributed by atoms with Gasteiger partial charge in [-0.25, -0.2) is 42.5 Å². The molecule has 11 heterocycles. The minimum Gasteiger partial charge on any atom is -0.399 e. The van der Waals surface area contributed by atoms with Crippen LogP contribution >= 0.6 is 72.6 Å². The monoisotopic (exact) mass is 2110 g/mol. The third kappa shape index (κ3) is 27.1. The van der Waals surface area contributed by atoms with Crippen LogP contribution in [0, 0.1) is 88.2 Å². The van der Waals surface area contributed by atoms with E-state index in [1.807, 2.05) is 203 Å². The number of pyridine rings is 5. The first-order valence-corrected chi connectivity index (χ1v) is 49.7. The van der Waals surface area contributed by atoms with E-state index >= 15 is 0 Å². The summed E-state index contributed by atoms with van der Waals surface area (Å²) in [5.41, 5.74) is 29.8. The summed E-state index contributed by atoms with van der Waals surface area (Å²) >= 11 is 11.2. The van der Waals surface area contributed by atoms with Crippen molar-refractivity contribution in [3.63, 3.8) is 0 Å². The van der Waals surface area contributed by atoms with Gasteiger partial charge in [0.05, 0.1) is 105 Å². The molecule has 37 heteroatoms. The normalized spacial score (nSPS) is 11.0. The first-order valence-electron chi connectivity index (χ1n) is 44.7. The number of nitrogens with two attached hydrogens (primary N) is 2. The highest BCUT2D eigenvalue weighted by Gasteiger charge is 2.23. The smallest absolute Gasteiger partial charge is 0.269 e. The maximum atomic E-state index is 14.2. The summed E-state index contributed by atoms with van der Waals surface area (Å²) in [6.45, 7) is 15.2. The van der Waals surface area contributed by atoms with Crippen molar-refractivity contribution in [2.45, 2.75) is 66.6 Å². The molecule has 0 saturated carbocycles. The molecule has 27 nitrogen and oxygen atoms in total. The zero-order valence-electron chi connectivity index (χ0n) is 79.1. The fourth-order valence-electron chi connectivity index (χ4n) is 14.3. The fraction of sp³-hybridized carbons (Fsp3) is 0.0917. The van der Waals surface area contributed by atoms with Crippen LogP contribution in [0.3, 0.4) is 0 Å². The van der Waals surface area contributed by atoms with Gasteiger partial charge in [-0.3, -0.25) is 76.1 Å². The van der Waals surface area contributed by atoms with Crippen molar-refractivity contribution < 1.29 is 41.9 Å². The van der Waals surface area contributed by atoms with E-state index in [9.17, 15) is 57.5 Å². The summed E-state index contributed by atoms with van der Waals surface area (Å²) in [5.74, 6) is 2.82. The second-order valence-corrected chi connectivity index (χ2v) is 39.2. The number of hydrazone groups is 1. The minimum atomic E-state index is -0.642. The number of nitrogens with zero attached hydrogens (tertiary/aromatic N) is 14. The number of fused-ring (bicyclic) bond motifs is 1. The summed E-state index contributed by atoms with van der Waals surface area (Å²) in [5, 5.41) is 40.7. The van der Waals surface area contributed by atoms with Crippen LogP contribution in [0.15, 0.2) is 333 Å². The first kappa shape index (κ1) is 105. The number of anilines is 3. The molecule has 0 fully saturated rings. The molecule has 0 bridgehead atoms. The maximum absolute atomic E-state index is 14.2. The van der Waals surface area contributed by atoms with Gasteiger partial charge in [0, 0.05) is 159 Å². The minimum absolute atomic E-state index is 0.00472. The number of nitro groups is 3. The lowest BCUT2D eigenvalue weighted by Crippen LogP contribution is -2.09. The summed E-state index contributed by atoms with van der Waals surface area (Å²) in [6.07, 6.45) is 9.22. The molecule has 0 amide bonds. The Bertz CT molecular complexity index is 7920. The van der Waals surface area contributed by atoms with Gasteiger partial charge in [0.1, 0.15) is 48.3 Å². The molecular formula is C109H88BrF4N19O8S5. The number of nitro benzene ring substituents is 3. The van der Waals surface area contributed by atoms with Gasteiger partial charge in [0.15, 0.2) is 11.6 Å². The Hall–Kier alpha value is -16.8. The molecule has 146 heavy (non-hydrogen) atoms. The number of hydrazine groups is 1. The van der Waals surface area contributed by atoms with Crippen molar-refractivity contribution in [2.75, 3.05) is 16.6 Å². The van der Waals surface area contributed by atoms with Crippen molar-refractivity contribution in [1.82, 2.24) is 54.8 Å². The number of aromatic amines is 1. The molecule has 0 aliphatic carbocycles. The average molecular weight is 2110 g/mol. The molecule has 1 atom stereocenters. The molecule has 0 aliphatic heterocycles. The SMILES string of the molecule is C/C(=N\Nc1ccc(-c2nc(-c3ccccn3)sc2C)cc1)c1c(F)cccc1F.CC(Br)C(=O)c1ccc([N+](=O)[O-])cc1.CCC(=O)c1ccc([N+](=O)[O-])cc1.Cc1sc(-c2ccccn2)nc1-c1ccc(N)cc1.Cc1sc(-c2ccccn2)nc1-c1ccc(NN)cc1.Cc1sc(-c2ccccn2)nc1-c1ccc([N+](=O)[O-])cc1.Cc1sc(-c2ccccn2)nc1-c1ccc2[nH]c(-c3c(F)cccc3F)cc2c1. The Balaban J connectivity index is 0.000000137. The standard InChI is InChI=1S/C23H18F2N4S.C23H15F2N3S.C15H14N4S.C15H11N3O2S.C15H13N3S.C9H8BrNO3.C9H9NO3/c1-14(21-18(24)6-5-7-19(21)25)28-29-17-11-9-16(10-12-17)22-15(2)30-23(27-22)20-8-3-4-13-26-20;1-13-22(28-23(29-13)19-7-2-3-10-26-19)14-8-9-18-15(11-14)12-20(27-18)21-16(24)5-4-6-17(21)25;1-10-14(11-5-7-12(19-16)8-6-11)18-15(20-10)13-4-2-3-9-17-13;1-10-14(11-5-7-12(8-6-11)18(19)20)17-15(21-10)13-4-2-3-9-16-13;1-10-14(11-5-7-12(16)8-6-11)18-15(19-10)13-4-2-3-9-17-13;1-6(10)9(12)7-2-4-8(5-3-7)11(13)14;1-2-9(11)7-3-5-8(6-4-7)10(12)13/h3-13,29H,1-2H3;2-12,27H,1H3;2-9,19H,16H2,1H3;2-9H,1H3;2-9H,16H2,1H3;2-6H,1H3;3-6H,2H2,1H3/b28-14+;;;;;;. The van der Waals surface area contributed by atoms with Crippen LogP contribution in [-0.2, 0) is 0 Å². The third-order valence-electron chi connectivity index (χ3n) is 21.7. The number of carbonyl (C=O) groups is 2. The fourth-order valence-corrected chi connectivity index (χ4v) is 19.1. The van der Waals surface area contributed by atoms with Gasteiger partial charge in [-0.2, -0.15) is 5.10 Å². The number of H-pyrrole nitrogens is 1.